The molecule has 1 N–H and O–H groups in total. The molecule has 4 aromatic rings. The maximum Gasteiger partial charge on any atom is 0.149 e. The van der Waals surface area contributed by atoms with Gasteiger partial charge in [0.15, 0.2) is 0 Å². The van der Waals surface area contributed by atoms with Crippen molar-refractivity contribution in [3.05, 3.63) is 77.3 Å². The minimum atomic E-state index is 0.406. The average molecular weight is 346 g/mol. The van der Waals surface area contributed by atoms with Crippen molar-refractivity contribution in [3.8, 4) is 17.4 Å². The number of furan rings is 1. The molecule has 0 saturated carbocycles. The van der Waals surface area contributed by atoms with Gasteiger partial charge in [0.1, 0.15) is 23.4 Å². The van der Waals surface area contributed by atoms with E-state index in [0.717, 1.165) is 16.6 Å². The maximum absolute atomic E-state index is 9.49. The Morgan fingerprint density at radius 3 is 2.80 bits per heavy atom. The van der Waals surface area contributed by atoms with Crippen LogP contribution in [0.1, 0.15) is 11.6 Å². The maximum atomic E-state index is 9.49. The molecule has 5 heteroatoms. The van der Waals surface area contributed by atoms with Gasteiger partial charge in [0.2, 0.25) is 0 Å². The van der Waals surface area contributed by atoms with Crippen molar-refractivity contribution in [2.75, 3.05) is 0 Å². The van der Waals surface area contributed by atoms with Gasteiger partial charge in [0.25, 0.3) is 0 Å². The van der Waals surface area contributed by atoms with Crippen LogP contribution in [0.25, 0.3) is 34.0 Å². The SMILES string of the molecule is N#CC(=Cc1ccc(-c2cccc(Cl)c2)o1)c1nc2ccccc2[nH]1. The van der Waals surface area contributed by atoms with Crippen molar-refractivity contribution >= 4 is 34.3 Å². The van der Waals surface area contributed by atoms with Crippen LogP contribution in [-0.4, -0.2) is 9.97 Å². The van der Waals surface area contributed by atoms with Crippen LogP contribution in [0.3, 0.4) is 0 Å². The fraction of sp³-hybridized carbons (Fsp3) is 0. The fourth-order valence-electron chi connectivity index (χ4n) is 2.60. The van der Waals surface area contributed by atoms with Crippen LogP contribution in [0.5, 0.6) is 0 Å². The first-order valence-corrected chi connectivity index (χ1v) is 8.03. The highest BCUT2D eigenvalue weighted by atomic mass is 35.5. The average Bonchev–Trinajstić information content (AvgIpc) is 3.26. The summed E-state index contributed by atoms with van der Waals surface area (Å²) in [5.41, 5.74) is 2.99. The van der Waals surface area contributed by atoms with E-state index in [9.17, 15) is 5.26 Å². The predicted octanol–water partition coefficient (Wildman–Crippen LogP) is 5.54. The van der Waals surface area contributed by atoms with Gasteiger partial charge in [-0.25, -0.2) is 4.98 Å². The second-order valence-corrected chi connectivity index (χ2v) is 5.92. The van der Waals surface area contributed by atoms with E-state index in [1.165, 1.54) is 0 Å². The molecule has 0 saturated heterocycles. The largest absolute Gasteiger partial charge is 0.457 e. The Kier molecular flexibility index (Phi) is 3.85. The summed E-state index contributed by atoms with van der Waals surface area (Å²) >= 11 is 6.02. The second-order valence-electron chi connectivity index (χ2n) is 5.48. The molecule has 0 spiro atoms. The fourth-order valence-corrected chi connectivity index (χ4v) is 2.79. The lowest BCUT2D eigenvalue weighted by Gasteiger charge is -1.97. The van der Waals surface area contributed by atoms with Gasteiger partial charge >= 0.3 is 0 Å². The van der Waals surface area contributed by atoms with Crippen LogP contribution in [0.4, 0.5) is 0 Å². The number of imidazole rings is 1. The molecule has 0 aliphatic heterocycles. The van der Waals surface area contributed by atoms with Gasteiger partial charge in [-0.1, -0.05) is 35.9 Å². The van der Waals surface area contributed by atoms with E-state index in [1.54, 1.807) is 6.08 Å². The smallest absolute Gasteiger partial charge is 0.149 e. The van der Waals surface area contributed by atoms with E-state index in [-0.39, 0.29) is 0 Å². The molecule has 4 nitrogen and oxygen atoms in total. The zero-order valence-electron chi connectivity index (χ0n) is 13.0. The monoisotopic (exact) mass is 345 g/mol. The van der Waals surface area contributed by atoms with E-state index in [0.29, 0.717) is 27.9 Å². The number of benzene rings is 2. The summed E-state index contributed by atoms with van der Waals surface area (Å²) in [6, 6.07) is 20.9. The van der Waals surface area contributed by atoms with Gasteiger partial charge in [0, 0.05) is 16.7 Å². The number of aromatic amines is 1. The van der Waals surface area contributed by atoms with Crippen molar-refractivity contribution in [1.29, 1.82) is 5.26 Å². The number of aromatic nitrogens is 2. The Morgan fingerprint density at radius 1 is 1.12 bits per heavy atom. The Bertz CT molecular complexity index is 1100. The number of allylic oxidation sites excluding steroid dienone is 1. The molecule has 2 heterocycles. The molecule has 0 radical (unpaired) electrons. The molecule has 0 bridgehead atoms. The van der Waals surface area contributed by atoms with Crippen molar-refractivity contribution in [3.63, 3.8) is 0 Å². The number of hydrogen-bond acceptors (Lipinski definition) is 3. The highest BCUT2D eigenvalue weighted by Crippen LogP contribution is 2.27. The van der Waals surface area contributed by atoms with Gasteiger partial charge in [-0.05, 0) is 36.4 Å². The third-order valence-corrected chi connectivity index (χ3v) is 4.02. The predicted molar refractivity (Wildman–Crippen MR) is 98.7 cm³/mol. The van der Waals surface area contributed by atoms with Gasteiger partial charge < -0.3 is 9.40 Å². The van der Waals surface area contributed by atoms with Crippen molar-refractivity contribution in [2.45, 2.75) is 0 Å². The molecular formula is C20H12ClN3O. The molecule has 25 heavy (non-hydrogen) atoms. The molecule has 0 unspecified atom stereocenters. The number of H-pyrrole nitrogens is 1. The van der Waals surface area contributed by atoms with E-state index in [2.05, 4.69) is 16.0 Å². The van der Waals surface area contributed by atoms with E-state index < -0.39 is 0 Å². The van der Waals surface area contributed by atoms with Crippen LogP contribution >= 0.6 is 11.6 Å². The lowest BCUT2D eigenvalue weighted by molar-refractivity contribution is 0.572. The van der Waals surface area contributed by atoms with Gasteiger partial charge in [0.05, 0.1) is 16.6 Å². The molecular weight excluding hydrogens is 334 g/mol. The minimum Gasteiger partial charge on any atom is -0.457 e. The molecule has 4 rings (SSSR count). The second kappa shape index (κ2) is 6.31. The van der Waals surface area contributed by atoms with Gasteiger partial charge in [-0.2, -0.15) is 5.26 Å². The standard InChI is InChI=1S/C20H12ClN3O/c21-15-5-3-4-13(10-15)19-9-8-16(25-19)11-14(12-22)20-23-17-6-1-2-7-18(17)24-20/h1-11H,(H,23,24). The Labute approximate surface area is 149 Å². The summed E-state index contributed by atoms with van der Waals surface area (Å²) in [5, 5.41) is 10.1. The summed E-state index contributed by atoms with van der Waals surface area (Å²) in [6.07, 6.45) is 1.67. The Hall–Kier alpha value is -3.29. The van der Waals surface area contributed by atoms with Crippen molar-refractivity contribution < 1.29 is 4.42 Å². The van der Waals surface area contributed by atoms with Gasteiger partial charge in [-0.15, -0.1) is 0 Å². The Morgan fingerprint density at radius 2 is 2.00 bits per heavy atom. The lowest BCUT2D eigenvalue weighted by atomic mass is 10.2. The topological polar surface area (TPSA) is 65.6 Å². The van der Waals surface area contributed by atoms with Crippen LogP contribution in [0.15, 0.2) is 65.1 Å². The molecule has 0 atom stereocenters. The Balaban J connectivity index is 1.70. The van der Waals surface area contributed by atoms with Crippen LogP contribution in [0.2, 0.25) is 5.02 Å². The summed E-state index contributed by atoms with van der Waals surface area (Å²) in [7, 11) is 0. The normalized spacial score (nSPS) is 11.6. The summed E-state index contributed by atoms with van der Waals surface area (Å²) < 4.78 is 5.82. The first-order chi connectivity index (χ1) is 12.2. The number of rotatable bonds is 3. The summed E-state index contributed by atoms with van der Waals surface area (Å²) in [4.78, 5) is 7.60. The third kappa shape index (κ3) is 3.06. The number of nitrogens with zero attached hydrogens (tertiary/aromatic N) is 2. The molecule has 0 fully saturated rings. The van der Waals surface area contributed by atoms with Crippen LogP contribution < -0.4 is 0 Å². The first-order valence-electron chi connectivity index (χ1n) is 7.65. The summed E-state index contributed by atoms with van der Waals surface area (Å²) in [5.74, 6) is 1.78. The molecule has 2 aromatic carbocycles. The number of halogens is 1. The molecule has 0 aliphatic carbocycles. The molecule has 0 amide bonds. The number of fused-ring (bicyclic) bond motifs is 1. The molecule has 0 aliphatic rings. The number of para-hydroxylation sites is 2. The number of hydrogen-bond donors (Lipinski definition) is 1. The quantitative estimate of drug-likeness (QED) is 0.496. The minimum absolute atomic E-state index is 0.406. The molecule has 120 valence electrons. The third-order valence-electron chi connectivity index (χ3n) is 3.79. The van der Waals surface area contributed by atoms with Gasteiger partial charge in [-0.3, -0.25) is 0 Å². The van der Waals surface area contributed by atoms with Crippen molar-refractivity contribution in [1.82, 2.24) is 9.97 Å². The highest BCUT2D eigenvalue weighted by molar-refractivity contribution is 6.30. The first kappa shape index (κ1) is 15.3. The zero-order valence-corrected chi connectivity index (χ0v) is 13.8. The molecule has 2 aromatic heterocycles. The zero-order chi connectivity index (χ0) is 17.2. The number of nitrogens with one attached hydrogen (secondary N) is 1. The van der Waals surface area contributed by atoms with Crippen LogP contribution in [0, 0.1) is 11.3 Å². The van der Waals surface area contributed by atoms with E-state index in [4.69, 9.17) is 16.0 Å². The number of nitriles is 1. The van der Waals surface area contributed by atoms with E-state index >= 15 is 0 Å². The van der Waals surface area contributed by atoms with E-state index in [1.807, 2.05) is 60.7 Å². The lowest BCUT2D eigenvalue weighted by Crippen LogP contribution is -1.84. The van der Waals surface area contributed by atoms with Crippen molar-refractivity contribution in [2.24, 2.45) is 0 Å². The highest BCUT2D eigenvalue weighted by Gasteiger charge is 2.10. The summed E-state index contributed by atoms with van der Waals surface area (Å²) in [6.45, 7) is 0. The van der Waals surface area contributed by atoms with Crippen LogP contribution in [-0.2, 0) is 0 Å².